The van der Waals surface area contributed by atoms with Gasteiger partial charge < -0.3 is 15.2 Å². The number of carbonyl (C=O) groups is 1. The maximum atomic E-state index is 11.6. The van der Waals surface area contributed by atoms with Gasteiger partial charge in [-0.15, -0.1) is 0 Å². The minimum absolute atomic E-state index is 0.0362. The van der Waals surface area contributed by atoms with Crippen LogP contribution in [0.4, 0.5) is 5.69 Å². The van der Waals surface area contributed by atoms with Gasteiger partial charge in [0.25, 0.3) is 0 Å². The summed E-state index contributed by atoms with van der Waals surface area (Å²) in [5.41, 5.74) is 2.96. The number of fused-ring (bicyclic) bond motifs is 3. The van der Waals surface area contributed by atoms with Crippen LogP contribution in [0.15, 0.2) is 53.0 Å². The number of nitrogens with one attached hydrogen (secondary N) is 1. The van der Waals surface area contributed by atoms with Crippen molar-refractivity contribution in [3.8, 4) is 0 Å². The molecule has 0 saturated carbocycles. The fourth-order valence-electron chi connectivity index (χ4n) is 3.83. The van der Waals surface area contributed by atoms with E-state index < -0.39 is 5.97 Å². The van der Waals surface area contributed by atoms with Crippen LogP contribution < -0.4 is 10.4 Å². The lowest BCUT2D eigenvalue weighted by molar-refractivity contribution is -0.254. The molecule has 1 aliphatic heterocycles. The Morgan fingerprint density at radius 1 is 1.25 bits per heavy atom. The first-order valence-electron chi connectivity index (χ1n) is 7.78. The van der Waals surface area contributed by atoms with Crippen LogP contribution >= 0.6 is 27.5 Å². The summed E-state index contributed by atoms with van der Waals surface area (Å²) in [6, 6.07) is 11.4. The number of rotatable bonds is 2. The molecule has 0 spiro atoms. The van der Waals surface area contributed by atoms with E-state index in [-0.39, 0.29) is 17.5 Å². The summed E-state index contributed by atoms with van der Waals surface area (Å²) < 4.78 is 0.756. The molecule has 5 heteroatoms. The Balaban J connectivity index is 1.86. The second-order valence-corrected chi connectivity index (χ2v) is 7.58. The van der Waals surface area contributed by atoms with Crippen molar-refractivity contribution in [3.63, 3.8) is 0 Å². The number of carbonyl (C=O) groups excluding carboxylic acids is 1. The number of halogens is 2. The first-order valence-corrected chi connectivity index (χ1v) is 8.95. The van der Waals surface area contributed by atoms with Crippen molar-refractivity contribution in [1.82, 2.24) is 0 Å². The highest BCUT2D eigenvalue weighted by molar-refractivity contribution is 9.10. The number of hydrogen-bond donors (Lipinski definition) is 1. The van der Waals surface area contributed by atoms with Gasteiger partial charge in [0.2, 0.25) is 0 Å². The molecule has 0 radical (unpaired) electrons. The second-order valence-electron chi connectivity index (χ2n) is 6.23. The third kappa shape index (κ3) is 2.54. The fourth-order valence-corrected chi connectivity index (χ4v) is 4.43. The van der Waals surface area contributed by atoms with Gasteiger partial charge in [-0.3, -0.25) is 0 Å². The summed E-state index contributed by atoms with van der Waals surface area (Å²) in [6.45, 7) is 0. The molecule has 0 aromatic heterocycles. The van der Waals surface area contributed by atoms with E-state index in [0.29, 0.717) is 16.6 Å². The van der Waals surface area contributed by atoms with Crippen molar-refractivity contribution in [3.05, 3.63) is 74.7 Å². The van der Waals surface area contributed by atoms with Gasteiger partial charge in [-0.05, 0) is 47.7 Å². The summed E-state index contributed by atoms with van der Waals surface area (Å²) in [5.74, 6) is -0.629. The molecule has 2 aliphatic rings. The Hall–Kier alpha value is -1.78. The van der Waals surface area contributed by atoms with Crippen molar-refractivity contribution in [2.75, 3.05) is 5.32 Å². The number of carboxylic acid groups (broad SMARTS) is 1. The van der Waals surface area contributed by atoms with Gasteiger partial charge in [-0.1, -0.05) is 51.8 Å². The van der Waals surface area contributed by atoms with E-state index in [1.54, 1.807) is 6.07 Å². The first-order chi connectivity index (χ1) is 11.5. The van der Waals surface area contributed by atoms with E-state index in [9.17, 15) is 9.90 Å². The molecule has 1 aliphatic carbocycles. The Morgan fingerprint density at radius 2 is 2.00 bits per heavy atom. The van der Waals surface area contributed by atoms with E-state index in [1.807, 2.05) is 30.3 Å². The predicted octanol–water partition coefficient (Wildman–Crippen LogP) is 4.29. The number of aromatic carboxylic acids is 1. The van der Waals surface area contributed by atoms with Crippen LogP contribution in [-0.4, -0.2) is 5.97 Å². The number of allylic oxidation sites excluding steroid dienone is 2. The fraction of sp³-hybridized carbons (Fsp3) is 0.211. The van der Waals surface area contributed by atoms with Crippen molar-refractivity contribution >= 4 is 39.2 Å². The highest BCUT2D eigenvalue weighted by atomic mass is 79.9. The molecule has 0 fully saturated rings. The molecule has 2 aromatic rings. The van der Waals surface area contributed by atoms with E-state index >= 15 is 0 Å². The number of hydrogen-bond acceptors (Lipinski definition) is 3. The monoisotopic (exact) mass is 402 g/mol. The summed E-state index contributed by atoms with van der Waals surface area (Å²) in [7, 11) is 0. The van der Waals surface area contributed by atoms with Crippen molar-refractivity contribution in [2.45, 2.75) is 18.4 Å². The Bertz CT molecular complexity index is 847. The third-order valence-electron chi connectivity index (χ3n) is 4.88. The predicted molar refractivity (Wildman–Crippen MR) is 96.3 cm³/mol. The molecule has 0 unspecified atom stereocenters. The van der Waals surface area contributed by atoms with Crippen molar-refractivity contribution in [2.24, 2.45) is 5.92 Å². The van der Waals surface area contributed by atoms with E-state index in [0.717, 1.165) is 22.0 Å². The number of benzene rings is 2. The lowest BCUT2D eigenvalue weighted by Gasteiger charge is -2.39. The quantitative estimate of drug-likeness (QED) is 0.761. The molecule has 1 heterocycles. The van der Waals surface area contributed by atoms with Crippen LogP contribution in [-0.2, 0) is 0 Å². The lowest BCUT2D eigenvalue weighted by atomic mass is 9.76. The Kier molecular flexibility index (Phi) is 3.89. The zero-order valence-corrected chi connectivity index (χ0v) is 15.0. The van der Waals surface area contributed by atoms with Crippen LogP contribution in [0.2, 0.25) is 5.02 Å². The normalized spacial score (nSPS) is 24.2. The Morgan fingerprint density at radius 3 is 2.71 bits per heavy atom. The number of carboxylic acids is 1. The van der Waals surface area contributed by atoms with Gasteiger partial charge in [0, 0.05) is 26.7 Å². The van der Waals surface area contributed by atoms with Crippen LogP contribution in [0.5, 0.6) is 0 Å². The molecule has 1 N–H and O–H groups in total. The largest absolute Gasteiger partial charge is 0.545 e. The standard InChI is InChI=1S/C19H15BrClNO2/c20-11-8-15-13-2-1-3-14(13)17(10-4-6-12(21)7-5-10)22-18(15)16(9-11)19(23)24/h1-2,4-9,13-14,17,22H,3H2,(H,23,24)/p-1/t13-,14-,17-/m1/s1. The van der Waals surface area contributed by atoms with Crippen molar-refractivity contribution < 1.29 is 9.90 Å². The summed E-state index contributed by atoms with van der Waals surface area (Å²) in [4.78, 5) is 11.6. The minimum Gasteiger partial charge on any atom is -0.545 e. The molecule has 3 nitrogen and oxygen atoms in total. The van der Waals surface area contributed by atoms with Crippen LogP contribution in [0.1, 0.15) is 39.9 Å². The molecule has 3 atom stereocenters. The average Bonchev–Trinajstić information content (AvgIpc) is 3.04. The summed E-state index contributed by atoms with van der Waals surface area (Å²) in [6.07, 6.45) is 5.31. The summed E-state index contributed by atoms with van der Waals surface area (Å²) in [5, 5.41) is 15.7. The molecule has 24 heavy (non-hydrogen) atoms. The van der Waals surface area contributed by atoms with Gasteiger partial charge in [-0.25, -0.2) is 0 Å². The minimum atomic E-state index is -1.17. The molecular formula is C19H14BrClNO2-. The van der Waals surface area contributed by atoms with Crippen LogP contribution in [0.3, 0.4) is 0 Å². The van der Waals surface area contributed by atoms with Gasteiger partial charge >= 0.3 is 0 Å². The van der Waals surface area contributed by atoms with Gasteiger partial charge in [0.05, 0.1) is 12.0 Å². The smallest absolute Gasteiger partial charge is 0.0736 e. The van der Waals surface area contributed by atoms with E-state index in [1.165, 1.54) is 0 Å². The topological polar surface area (TPSA) is 52.2 Å². The third-order valence-corrected chi connectivity index (χ3v) is 5.59. The molecule has 0 saturated heterocycles. The first kappa shape index (κ1) is 15.7. The van der Waals surface area contributed by atoms with Gasteiger partial charge in [0.1, 0.15) is 0 Å². The molecule has 4 rings (SSSR count). The van der Waals surface area contributed by atoms with E-state index in [4.69, 9.17) is 11.6 Å². The number of anilines is 1. The SMILES string of the molecule is O=C([O-])c1cc(Br)cc2c1N[C@H](c1ccc(Cl)cc1)[C@@H]1CC=C[C@@H]21. The van der Waals surface area contributed by atoms with Crippen LogP contribution in [0, 0.1) is 5.92 Å². The van der Waals surface area contributed by atoms with Gasteiger partial charge in [0.15, 0.2) is 0 Å². The molecule has 2 aromatic carbocycles. The zero-order valence-electron chi connectivity index (χ0n) is 12.6. The van der Waals surface area contributed by atoms with Crippen LogP contribution in [0.25, 0.3) is 0 Å². The van der Waals surface area contributed by atoms with Gasteiger partial charge in [-0.2, -0.15) is 0 Å². The second kappa shape index (κ2) is 5.94. The Labute approximate surface area is 153 Å². The molecule has 0 amide bonds. The zero-order chi connectivity index (χ0) is 16.8. The van der Waals surface area contributed by atoms with E-state index in [2.05, 4.69) is 33.4 Å². The highest BCUT2D eigenvalue weighted by Gasteiger charge is 2.38. The molecular weight excluding hydrogens is 390 g/mol. The highest BCUT2D eigenvalue weighted by Crippen LogP contribution is 2.51. The average molecular weight is 404 g/mol. The molecule has 0 bridgehead atoms. The maximum Gasteiger partial charge on any atom is 0.0736 e. The van der Waals surface area contributed by atoms with Crippen molar-refractivity contribution in [1.29, 1.82) is 0 Å². The molecule has 122 valence electrons. The lowest BCUT2D eigenvalue weighted by Crippen LogP contribution is -2.32. The summed E-state index contributed by atoms with van der Waals surface area (Å²) >= 11 is 9.42. The maximum absolute atomic E-state index is 11.6.